The fourth-order valence-electron chi connectivity index (χ4n) is 6.73. The van der Waals surface area contributed by atoms with E-state index in [1.165, 1.54) is 36.4 Å². The SMILES string of the molecule is CC1(C)CC(NC(=O)C(/C=C/[C@@H](NC(=O)OC(C)(C)C)c2ccc(F)cc2)(Cc2ccc(F)cc2)Cc2ccc(F)cc2)CC(C)(C)N1. The average Bonchev–Trinajstić information content (AvgIpc) is 2.95. The van der Waals surface area contributed by atoms with Gasteiger partial charge < -0.3 is 20.7 Å². The molecular formula is C39H48F3N3O3. The number of ether oxygens (including phenoxy) is 1. The third-order valence-electron chi connectivity index (χ3n) is 8.35. The standard InChI is InChI=1S/C39H48F3N3O3/c1-36(2,3)48-35(47)44-33(28-12-18-31(42)19-13-28)20-21-39(22-26-8-14-29(40)15-9-26,23-27-10-16-30(41)17-11-27)34(46)43-32-24-37(4,5)45-38(6,7)25-32/h8-21,32-33,45H,22-25H2,1-7H3,(H,43,46)(H,44,47)/b21-20+/t33-/m1/s1. The van der Waals surface area contributed by atoms with E-state index in [0.29, 0.717) is 29.5 Å². The summed E-state index contributed by atoms with van der Waals surface area (Å²) in [4.78, 5) is 27.8. The van der Waals surface area contributed by atoms with Gasteiger partial charge in [-0.2, -0.15) is 0 Å². The van der Waals surface area contributed by atoms with Crippen molar-refractivity contribution < 1.29 is 27.5 Å². The molecule has 258 valence electrons. The number of hydrogen-bond acceptors (Lipinski definition) is 4. The van der Waals surface area contributed by atoms with Crippen molar-refractivity contribution in [3.63, 3.8) is 0 Å². The maximum atomic E-state index is 14.8. The highest BCUT2D eigenvalue weighted by Gasteiger charge is 2.42. The summed E-state index contributed by atoms with van der Waals surface area (Å²) < 4.78 is 47.5. The lowest BCUT2D eigenvalue weighted by molar-refractivity contribution is -0.130. The summed E-state index contributed by atoms with van der Waals surface area (Å²) in [5.41, 5.74) is -0.535. The summed E-state index contributed by atoms with van der Waals surface area (Å²) in [6.45, 7) is 13.7. The summed E-state index contributed by atoms with van der Waals surface area (Å²) in [5, 5.41) is 9.84. The van der Waals surface area contributed by atoms with Gasteiger partial charge in [-0.3, -0.25) is 4.79 Å². The number of benzene rings is 3. The lowest BCUT2D eigenvalue weighted by Crippen LogP contribution is -2.63. The van der Waals surface area contributed by atoms with Crippen molar-refractivity contribution in [3.8, 4) is 0 Å². The van der Waals surface area contributed by atoms with E-state index in [9.17, 15) is 22.8 Å². The van der Waals surface area contributed by atoms with Crippen LogP contribution in [0.5, 0.6) is 0 Å². The maximum absolute atomic E-state index is 14.8. The molecule has 0 aliphatic carbocycles. The van der Waals surface area contributed by atoms with E-state index < -0.39 is 40.6 Å². The summed E-state index contributed by atoms with van der Waals surface area (Å²) in [6, 6.07) is 16.7. The van der Waals surface area contributed by atoms with Crippen LogP contribution >= 0.6 is 0 Å². The van der Waals surface area contributed by atoms with E-state index in [1.807, 2.05) is 0 Å². The van der Waals surface area contributed by atoms with Gasteiger partial charge in [0.1, 0.15) is 23.1 Å². The number of alkyl carbamates (subject to hydrolysis) is 1. The van der Waals surface area contributed by atoms with Crippen LogP contribution in [0.25, 0.3) is 0 Å². The second-order valence-electron chi connectivity index (χ2n) is 15.3. The van der Waals surface area contributed by atoms with Crippen LogP contribution in [-0.2, 0) is 22.4 Å². The zero-order valence-electron chi connectivity index (χ0n) is 28.9. The Morgan fingerprint density at radius 2 is 1.25 bits per heavy atom. The summed E-state index contributed by atoms with van der Waals surface area (Å²) in [7, 11) is 0. The first kappa shape index (κ1) is 36.7. The van der Waals surface area contributed by atoms with Gasteiger partial charge in [-0.25, -0.2) is 18.0 Å². The minimum Gasteiger partial charge on any atom is -0.444 e. The molecule has 0 spiro atoms. The zero-order valence-corrected chi connectivity index (χ0v) is 28.9. The number of nitrogens with one attached hydrogen (secondary N) is 3. The quantitative estimate of drug-likeness (QED) is 0.192. The molecule has 1 aliphatic rings. The Kier molecular flexibility index (Phi) is 11.1. The van der Waals surface area contributed by atoms with Crippen LogP contribution in [-0.4, -0.2) is 34.7 Å². The third-order valence-corrected chi connectivity index (χ3v) is 8.35. The van der Waals surface area contributed by atoms with E-state index in [0.717, 1.165) is 0 Å². The first-order chi connectivity index (χ1) is 22.3. The predicted molar refractivity (Wildman–Crippen MR) is 183 cm³/mol. The van der Waals surface area contributed by atoms with Crippen LogP contribution in [0.3, 0.4) is 0 Å². The monoisotopic (exact) mass is 663 g/mol. The van der Waals surface area contributed by atoms with Crippen LogP contribution in [0.2, 0.25) is 0 Å². The molecule has 0 unspecified atom stereocenters. The predicted octanol–water partition coefficient (Wildman–Crippen LogP) is 8.12. The van der Waals surface area contributed by atoms with Gasteiger partial charge in [-0.15, -0.1) is 0 Å². The molecule has 1 fully saturated rings. The van der Waals surface area contributed by atoms with Crippen LogP contribution in [0.15, 0.2) is 84.9 Å². The number of carbonyl (C=O) groups is 2. The molecule has 1 atom stereocenters. The summed E-state index contributed by atoms with van der Waals surface area (Å²) in [5.74, 6) is -1.51. The second-order valence-corrected chi connectivity index (χ2v) is 15.3. The van der Waals surface area contributed by atoms with E-state index in [4.69, 9.17) is 4.74 Å². The number of hydrogen-bond donors (Lipinski definition) is 3. The molecule has 1 aliphatic heterocycles. The Morgan fingerprint density at radius 1 is 0.812 bits per heavy atom. The van der Waals surface area contributed by atoms with Gasteiger partial charge in [0, 0.05) is 17.1 Å². The van der Waals surface area contributed by atoms with Crippen molar-refractivity contribution >= 4 is 12.0 Å². The third kappa shape index (κ3) is 10.7. The molecule has 1 saturated heterocycles. The van der Waals surface area contributed by atoms with Crippen LogP contribution in [0.4, 0.5) is 18.0 Å². The average molecular weight is 664 g/mol. The molecule has 3 N–H and O–H groups in total. The molecule has 0 saturated carbocycles. The largest absolute Gasteiger partial charge is 0.444 e. The number of amides is 2. The van der Waals surface area contributed by atoms with Crippen molar-refractivity contribution in [2.75, 3.05) is 0 Å². The van der Waals surface area contributed by atoms with E-state index >= 15 is 0 Å². The Bertz CT molecular complexity index is 1510. The Morgan fingerprint density at radius 3 is 1.69 bits per heavy atom. The minimum absolute atomic E-state index is 0.161. The first-order valence-corrected chi connectivity index (χ1v) is 16.4. The van der Waals surface area contributed by atoms with Crippen molar-refractivity contribution in [3.05, 3.63) is 119 Å². The molecule has 6 nitrogen and oxygen atoms in total. The summed E-state index contributed by atoms with van der Waals surface area (Å²) in [6.07, 6.45) is 4.51. The lowest BCUT2D eigenvalue weighted by atomic mass is 9.73. The van der Waals surface area contributed by atoms with Crippen LogP contribution in [0, 0.1) is 22.9 Å². The van der Waals surface area contributed by atoms with Gasteiger partial charge in [0.25, 0.3) is 0 Å². The number of rotatable bonds is 10. The molecule has 0 aromatic heterocycles. The van der Waals surface area contributed by atoms with E-state index in [1.54, 1.807) is 69.3 Å². The Labute approximate surface area is 282 Å². The number of piperidine rings is 1. The highest BCUT2D eigenvalue weighted by molar-refractivity contribution is 5.86. The van der Waals surface area contributed by atoms with Crippen molar-refractivity contribution in [2.24, 2.45) is 5.41 Å². The molecule has 3 aromatic carbocycles. The molecule has 4 rings (SSSR count). The molecule has 1 heterocycles. The lowest BCUT2D eigenvalue weighted by Gasteiger charge is -2.47. The van der Waals surface area contributed by atoms with Crippen molar-refractivity contribution in [1.82, 2.24) is 16.0 Å². The molecule has 9 heteroatoms. The van der Waals surface area contributed by atoms with Gasteiger partial charge in [0.15, 0.2) is 0 Å². The molecule has 3 aromatic rings. The highest BCUT2D eigenvalue weighted by Crippen LogP contribution is 2.35. The number of carbonyl (C=O) groups excluding carboxylic acids is 2. The maximum Gasteiger partial charge on any atom is 0.408 e. The van der Waals surface area contributed by atoms with Crippen LogP contribution < -0.4 is 16.0 Å². The molecule has 2 amide bonds. The van der Waals surface area contributed by atoms with Crippen LogP contribution in [0.1, 0.15) is 84.0 Å². The fourth-order valence-corrected chi connectivity index (χ4v) is 6.73. The fraction of sp³-hybridized carbons (Fsp3) is 0.436. The topological polar surface area (TPSA) is 79.5 Å². The number of halogens is 3. The normalized spacial score (nSPS) is 17.1. The van der Waals surface area contributed by atoms with E-state index in [-0.39, 0.29) is 35.9 Å². The highest BCUT2D eigenvalue weighted by atomic mass is 19.1. The second kappa shape index (κ2) is 14.6. The van der Waals surface area contributed by atoms with Gasteiger partial charge in [-0.05, 0) is 127 Å². The summed E-state index contributed by atoms with van der Waals surface area (Å²) >= 11 is 0. The molecule has 48 heavy (non-hydrogen) atoms. The minimum atomic E-state index is -1.28. The zero-order chi connectivity index (χ0) is 35.3. The molecular weight excluding hydrogens is 615 g/mol. The van der Waals surface area contributed by atoms with Gasteiger partial charge in [0.05, 0.1) is 11.5 Å². The Hall–Kier alpha value is -4.11. The molecule has 0 radical (unpaired) electrons. The van der Waals surface area contributed by atoms with E-state index in [2.05, 4.69) is 43.6 Å². The Balaban J connectivity index is 1.83. The molecule has 0 bridgehead atoms. The van der Waals surface area contributed by atoms with Gasteiger partial charge in [0.2, 0.25) is 5.91 Å². The van der Waals surface area contributed by atoms with Crippen molar-refractivity contribution in [2.45, 2.75) is 103 Å². The first-order valence-electron chi connectivity index (χ1n) is 16.4. The van der Waals surface area contributed by atoms with Gasteiger partial charge >= 0.3 is 6.09 Å². The van der Waals surface area contributed by atoms with Crippen molar-refractivity contribution in [1.29, 1.82) is 0 Å². The van der Waals surface area contributed by atoms with Gasteiger partial charge in [-0.1, -0.05) is 48.6 Å². The smallest absolute Gasteiger partial charge is 0.408 e.